The zero-order valence-electron chi connectivity index (χ0n) is 19.8. The van der Waals surface area contributed by atoms with Crippen LogP contribution in [-0.4, -0.2) is 59.4 Å². The molecule has 0 N–H and O–H groups in total. The maximum Gasteiger partial charge on any atom is 0.137 e. The van der Waals surface area contributed by atoms with Gasteiger partial charge in [0.1, 0.15) is 17.5 Å². The first-order chi connectivity index (χ1) is 16.0. The fraction of sp³-hybridized carbons (Fsp3) is 0.423. The second-order valence-corrected chi connectivity index (χ2v) is 8.87. The van der Waals surface area contributed by atoms with Crippen LogP contribution in [0, 0.1) is 18.6 Å². The van der Waals surface area contributed by atoms with Gasteiger partial charge in [0.05, 0.1) is 11.4 Å². The summed E-state index contributed by atoms with van der Waals surface area (Å²) >= 11 is 0. The van der Waals surface area contributed by atoms with Gasteiger partial charge in [-0.25, -0.2) is 13.5 Å². The van der Waals surface area contributed by atoms with Gasteiger partial charge in [0.25, 0.3) is 0 Å². The fourth-order valence-electron chi connectivity index (χ4n) is 4.48. The van der Waals surface area contributed by atoms with Crippen LogP contribution in [0.25, 0.3) is 5.69 Å². The highest BCUT2D eigenvalue weighted by Crippen LogP contribution is 2.30. The molecule has 0 spiro atoms. The van der Waals surface area contributed by atoms with E-state index in [1.165, 1.54) is 18.2 Å². The summed E-state index contributed by atoms with van der Waals surface area (Å²) in [4.78, 5) is 6.94. The van der Waals surface area contributed by atoms with E-state index in [1.807, 2.05) is 29.8 Å². The predicted octanol–water partition coefficient (Wildman–Crippen LogP) is 4.62. The van der Waals surface area contributed by atoms with E-state index < -0.39 is 0 Å². The molecule has 7 heteroatoms. The van der Waals surface area contributed by atoms with E-state index in [9.17, 15) is 8.78 Å². The molecule has 0 amide bonds. The van der Waals surface area contributed by atoms with Crippen molar-refractivity contribution in [2.24, 2.45) is 0 Å². The molecule has 0 aliphatic carbocycles. The molecule has 0 radical (unpaired) electrons. The normalized spacial score (nSPS) is 14.9. The Morgan fingerprint density at radius 3 is 2.42 bits per heavy atom. The van der Waals surface area contributed by atoms with Crippen molar-refractivity contribution in [1.29, 1.82) is 0 Å². The number of likely N-dealkylation sites (N-methyl/N-ethyl adjacent to an activating group) is 1. The third-order valence-electron chi connectivity index (χ3n) is 6.29. The van der Waals surface area contributed by atoms with Crippen LogP contribution in [-0.2, 0) is 13.1 Å². The number of nitrogens with zero attached hydrogens (tertiary/aromatic N) is 5. The molecule has 33 heavy (non-hydrogen) atoms. The maximum absolute atomic E-state index is 14.4. The number of aromatic nitrogens is 2. The van der Waals surface area contributed by atoms with E-state index in [1.54, 1.807) is 12.1 Å². The average molecular weight is 454 g/mol. The van der Waals surface area contributed by atoms with Gasteiger partial charge in [0.2, 0.25) is 0 Å². The first kappa shape index (κ1) is 23.4. The number of anilines is 1. The quantitative estimate of drug-likeness (QED) is 0.497. The number of hydrogen-bond acceptors (Lipinski definition) is 4. The highest BCUT2D eigenvalue weighted by atomic mass is 19.1. The molecular weight excluding hydrogens is 420 g/mol. The van der Waals surface area contributed by atoms with Crippen molar-refractivity contribution in [3.8, 4) is 5.69 Å². The van der Waals surface area contributed by atoms with Gasteiger partial charge in [-0.2, -0.15) is 5.10 Å². The Hall–Kier alpha value is -2.77. The van der Waals surface area contributed by atoms with Crippen LogP contribution >= 0.6 is 0 Å². The summed E-state index contributed by atoms with van der Waals surface area (Å²) < 4.78 is 30.3. The Balaban J connectivity index is 1.72. The monoisotopic (exact) mass is 453 g/mol. The lowest BCUT2D eigenvalue weighted by Gasteiger charge is -2.35. The molecule has 1 aromatic heterocycles. The highest BCUT2D eigenvalue weighted by molar-refractivity contribution is 5.56. The minimum absolute atomic E-state index is 0.176. The summed E-state index contributed by atoms with van der Waals surface area (Å²) in [5.41, 5.74) is 3.45. The summed E-state index contributed by atoms with van der Waals surface area (Å²) in [6, 6.07) is 13.6. The molecule has 176 valence electrons. The second kappa shape index (κ2) is 10.4. The molecule has 4 rings (SSSR count). The molecule has 2 aromatic carbocycles. The topological polar surface area (TPSA) is 27.5 Å². The third-order valence-corrected chi connectivity index (χ3v) is 6.29. The summed E-state index contributed by atoms with van der Waals surface area (Å²) in [6.45, 7) is 9.87. The van der Waals surface area contributed by atoms with Crippen LogP contribution in [0.5, 0.6) is 0 Å². The molecule has 1 aliphatic rings. The second-order valence-electron chi connectivity index (χ2n) is 8.87. The van der Waals surface area contributed by atoms with Gasteiger partial charge in [0, 0.05) is 50.4 Å². The van der Waals surface area contributed by atoms with Gasteiger partial charge in [-0.15, -0.1) is 0 Å². The Bertz CT molecular complexity index is 1070. The SMILES string of the molecule is CCCN(Cc1ccccc1F)Cc1c(C)nn(-c2cccc(F)c2)c1N1CCN(C)CC1. The van der Waals surface area contributed by atoms with Gasteiger partial charge >= 0.3 is 0 Å². The Kier molecular flexibility index (Phi) is 7.40. The fourth-order valence-corrected chi connectivity index (χ4v) is 4.48. The largest absolute Gasteiger partial charge is 0.354 e. The first-order valence-electron chi connectivity index (χ1n) is 11.7. The predicted molar refractivity (Wildman–Crippen MR) is 129 cm³/mol. The Morgan fingerprint density at radius 1 is 0.970 bits per heavy atom. The van der Waals surface area contributed by atoms with Crippen molar-refractivity contribution in [3.05, 3.63) is 77.0 Å². The van der Waals surface area contributed by atoms with Crippen LogP contribution in [0.1, 0.15) is 30.2 Å². The van der Waals surface area contributed by atoms with E-state index in [0.29, 0.717) is 18.7 Å². The van der Waals surface area contributed by atoms with Crippen LogP contribution in [0.2, 0.25) is 0 Å². The van der Waals surface area contributed by atoms with E-state index in [2.05, 4.69) is 28.7 Å². The maximum atomic E-state index is 14.4. The Morgan fingerprint density at radius 2 is 1.73 bits per heavy atom. The molecule has 1 fully saturated rings. The molecule has 2 heterocycles. The van der Waals surface area contributed by atoms with E-state index >= 15 is 0 Å². The molecule has 1 aliphatic heterocycles. The summed E-state index contributed by atoms with van der Waals surface area (Å²) in [6.07, 6.45) is 0.968. The van der Waals surface area contributed by atoms with Crippen LogP contribution < -0.4 is 4.90 Å². The van der Waals surface area contributed by atoms with Crippen molar-refractivity contribution in [1.82, 2.24) is 19.6 Å². The smallest absolute Gasteiger partial charge is 0.137 e. The minimum Gasteiger partial charge on any atom is -0.354 e. The van der Waals surface area contributed by atoms with Crippen LogP contribution in [0.15, 0.2) is 48.5 Å². The minimum atomic E-state index is -0.279. The molecule has 1 saturated heterocycles. The van der Waals surface area contributed by atoms with Crippen molar-refractivity contribution >= 4 is 5.82 Å². The molecule has 0 atom stereocenters. The van der Waals surface area contributed by atoms with Crippen molar-refractivity contribution < 1.29 is 8.78 Å². The summed E-state index contributed by atoms with van der Waals surface area (Å²) in [5, 5.41) is 4.85. The van der Waals surface area contributed by atoms with Crippen molar-refractivity contribution in [2.75, 3.05) is 44.7 Å². The van der Waals surface area contributed by atoms with Crippen LogP contribution in [0.4, 0.5) is 14.6 Å². The highest BCUT2D eigenvalue weighted by Gasteiger charge is 2.26. The van der Waals surface area contributed by atoms with Crippen molar-refractivity contribution in [3.63, 3.8) is 0 Å². The van der Waals surface area contributed by atoms with E-state index in [-0.39, 0.29) is 11.6 Å². The summed E-state index contributed by atoms with van der Waals surface area (Å²) in [7, 11) is 2.13. The molecule has 0 unspecified atom stereocenters. The van der Waals surface area contributed by atoms with Crippen molar-refractivity contribution in [2.45, 2.75) is 33.4 Å². The zero-order valence-corrected chi connectivity index (χ0v) is 19.8. The van der Waals surface area contributed by atoms with E-state index in [0.717, 1.165) is 61.9 Å². The van der Waals surface area contributed by atoms with Gasteiger partial charge in [-0.3, -0.25) is 4.90 Å². The van der Waals surface area contributed by atoms with Crippen LogP contribution in [0.3, 0.4) is 0 Å². The number of hydrogen-bond donors (Lipinski definition) is 0. The zero-order chi connectivity index (χ0) is 23.4. The van der Waals surface area contributed by atoms with Gasteiger partial charge in [-0.05, 0) is 51.2 Å². The van der Waals surface area contributed by atoms with Gasteiger partial charge < -0.3 is 9.80 Å². The number of halogens is 2. The lowest BCUT2D eigenvalue weighted by atomic mass is 10.1. The lowest BCUT2D eigenvalue weighted by molar-refractivity contribution is 0.252. The molecule has 3 aromatic rings. The molecular formula is C26H33F2N5. The number of rotatable bonds is 8. The van der Waals surface area contributed by atoms with Gasteiger partial charge in [-0.1, -0.05) is 31.2 Å². The van der Waals surface area contributed by atoms with Gasteiger partial charge in [0.15, 0.2) is 0 Å². The standard InChI is InChI=1S/C26H33F2N5/c1-4-12-31(18-21-8-5-6-11-25(21)28)19-24-20(2)29-33(23-10-7-9-22(27)17-23)26(24)32-15-13-30(3)14-16-32/h5-11,17H,4,12-16,18-19H2,1-3H3. The average Bonchev–Trinajstić information content (AvgIpc) is 3.12. The molecule has 0 saturated carbocycles. The first-order valence-corrected chi connectivity index (χ1v) is 11.7. The Labute approximate surface area is 195 Å². The number of aryl methyl sites for hydroxylation is 1. The lowest BCUT2D eigenvalue weighted by Crippen LogP contribution is -2.45. The van der Waals surface area contributed by atoms with E-state index in [4.69, 9.17) is 5.10 Å². The molecule has 0 bridgehead atoms. The third kappa shape index (κ3) is 5.42. The number of piperazine rings is 1. The number of benzene rings is 2. The molecule has 5 nitrogen and oxygen atoms in total. The summed E-state index contributed by atoms with van der Waals surface area (Å²) in [5.74, 6) is 0.560.